The Morgan fingerprint density at radius 2 is 2.35 bits per heavy atom. The van der Waals surface area contributed by atoms with E-state index in [4.69, 9.17) is 0 Å². The Kier molecular flexibility index (Phi) is 4.84. The molecule has 1 aromatic heterocycles. The first kappa shape index (κ1) is 13.4. The zero-order valence-electron chi connectivity index (χ0n) is 9.58. The minimum atomic E-state index is -0.485. The molecule has 0 aliphatic rings. The van der Waals surface area contributed by atoms with Crippen LogP contribution in [0.25, 0.3) is 0 Å². The number of nitro groups is 1. The summed E-state index contributed by atoms with van der Waals surface area (Å²) in [5, 5.41) is 10.1. The Morgan fingerprint density at radius 1 is 1.65 bits per heavy atom. The van der Waals surface area contributed by atoms with Crippen molar-refractivity contribution in [1.82, 2.24) is 0 Å². The van der Waals surface area contributed by atoms with Crippen LogP contribution in [-0.4, -0.2) is 18.0 Å². The number of nitrogens with zero attached hydrogens (tertiary/aromatic N) is 1. The van der Waals surface area contributed by atoms with Crippen molar-refractivity contribution in [3.05, 3.63) is 44.3 Å². The van der Waals surface area contributed by atoms with Gasteiger partial charge in [-0.25, -0.2) is 4.79 Å². The predicted molar refractivity (Wildman–Crippen MR) is 64.8 cm³/mol. The van der Waals surface area contributed by atoms with E-state index in [-0.39, 0.29) is 11.9 Å². The first-order valence-corrected chi connectivity index (χ1v) is 5.84. The minimum absolute atomic E-state index is 0.148. The van der Waals surface area contributed by atoms with E-state index in [2.05, 4.69) is 4.74 Å². The van der Waals surface area contributed by atoms with Gasteiger partial charge in [-0.3, -0.25) is 10.1 Å². The first-order valence-electron chi connectivity index (χ1n) is 5.02. The monoisotopic (exact) mass is 255 g/mol. The largest absolute Gasteiger partial charge is 0.465 e. The highest BCUT2D eigenvalue weighted by Gasteiger charge is 2.12. The molecule has 0 spiro atoms. The summed E-state index contributed by atoms with van der Waals surface area (Å²) >= 11 is 1.35. The Morgan fingerprint density at radius 3 is 2.94 bits per heavy atom. The third-order valence-electron chi connectivity index (χ3n) is 2.22. The second-order valence-electron chi connectivity index (χ2n) is 3.50. The van der Waals surface area contributed by atoms with Crippen LogP contribution >= 0.6 is 11.3 Å². The zero-order valence-corrected chi connectivity index (χ0v) is 10.4. The van der Waals surface area contributed by atoms with E-state index in [0.717, 1.165) is 11.1 Å². The number of hydrogen-bond acceptors (Lipinski definition) is 5. The number of ether oxygens (including phenoxy) is 1. The molecule has 0 N–H and O–H groups in total. The van der Waals surface area contributed by atoms with Crippen LogP contribution in [0.3, 0.4) is 0 Å². The lowest BCUT2D eigenvalue weighted by Crippen LogP contribution is -1.96. The molecule has 0 radical (unpaired) electrons. The third kappa shape index (κ3) is 3.99. The number of methoxy groups -OCH3 is 1. The molecule has 6 heteroatoms. The summed E-state index contributed by atoms with van der Waals surface area (Å²) in [7, 11) is 1.34. The van der Waals surface area contributed by atoms with Gasteiger partial charge >= 0.3 is 5.97 Å². The van der Waals surface area contributed by atoms with E-state index >= 15 is 0 Å². The van der Waals surface area contributed by atoms with Gasteiger partial charge in [0.25, 0.3) is 0 Å². The number of carbonyl (C=O) groups is 1. The van der Waals surface area contributed by atoms with Crippen LogP contribution in [0, 0.1) is 10.1 Å². The highest BCUT2D eigenvalue weighted by atomic mass is 32.1. The van der Waals surface area contributed by atoms with E-state index in [0.29, 0.717) is 11.3 Å². The van der Waals surface area contributed by atoms with Crippen LogP contribution in [0.15, 0.2) is 24.4 Å². The second kappa shape index (κ2) is 6.15. The number of hydrogen-bond donors (Lipinski definition) is 0. The van der Waals surface area contributed by atoms with E-state index in [1.165, 1.54) is 24.5 Å². The van der Waals surface area contributed by atoms with Gasteiger partial charge in [0, 0.05) is 4.88 Å². The average molecular weight is 255 g/mol. The molecule has 92 valence electrons. The summed E-state index contributed by atoms with van der Waals surface area (Å²) < 4.78 is 4.61. The predicted octanol–water partition coefficient (Wildman–Crippen LogP) is 2.82. The molecule has 0 aromatic carbocycles. The Balaban J connectivity index is 2.63. The smallest absolute Gasteiger partial charge is 0.348 e. The summed E-state index contributed by atoms with van der Waals surface area (Å²) in [6.07, 6.45) is 3.02. The lowest BCUT2D eigenvalue weighted by molar-refractivity contribution is -0.402. The molecule has 0 saturated heterocycles. The standard InChI is InChI=1S/C11H13NO4S/c1-8(4-3-7-12(14)15)9-5-6-10(17-9)11(13)16-2/h3,5-8H,4H2,1-2H3. The van der Waals surface area contributed by atoms with Crippen LogP contribution in [-0.2, 0) is 4.74 Å². The molecular formula is C11H13NO4S. The van der Waals surface area contributed by atoms with Crippen LogP contribution in [0.2, 0.25) is 0 Å². The van der Waals surface area contributed by atoms with E-state index in [9.17, 15) is 14.9 Å². The Labute approximate surface area is 103 Å². The van der Waals surface area contributed by atoms with Crippen molar-refractivity contribution in [3.63, 3.8) is 0 Å². The zero-order chi connectivity index (χ0) is 12.8. The summed E-state index contributed by atoms with van der Waals surface area (Å²) in [6, 6.07) is 3.56. The maximum atomic E-state index is 11.2. The van der Waals surface area contributed by atoms with E-state index < -0.39 is 4.92 Å². The van der Waals surface area contributed by atoms with Crippen molar-refractivity contribution in [3.8, 4) is 0 Å². The van der Waals surface area contributed by atoms with Crippen LogP contribution in [0.1, 0.15) is 33.8 Å². The molecule has 1 aromatic rings. The molecule has 0 saturated carbocycles. The van der Waals surface area contributed by atoms with Crippen LogP contribution < -0.4 is 0 Å². The summed E-state index contributed by atoms with van der Waals surface area (Å²) in [4.78, 5) is 22.4. The van der Waals surface area contributed by atoms with Gasteiger partial charge in [0.2, 0.25) is 6.20 Å². The molecule has 0 aliphatic carbocycles. The quantitative estimate of drug-likeness (QED) is 0.461. The second-order valence-corrected chi connectivity index (χ2v) is 4.62. The molecule has 1 unspecified atom stereocenters. The molecule has 0 aliphatic heterocycles. The normalized spacial score (nSPS) is 12.6. The van der Waals surface area contributed by atoms with Crippen molar-refractivity contribution >= 4 is 17.3 Å². The fourth-order valence-electron chi connectivity index (χ4n) is 1.30. The average Bonchev–Trinajstić information content (AvgIpc) is 2.76. The first-order chi connectivity index (χ1) is 8.04. The fraction of sp³-hybridized carbons (Fsp3) is 0.364. The minimum Gasteiger partial charge on any atom is -0.465 e. The Bertz CT molecular complexity index is 438. The van der Waals surface area contributed by atoms with Crippen molar-refractivity contribution in [1.29, 1.82) is 0 Å². The summed E-state index contributed by atoms with van der Waals surface area (Å²) in [5.41, 5.74) is 0. The third-order valence-corrected chi connectivity index (χ3v) is 3.51. The van der Waals surface area contributed by atoms with Crippen LogP contribution in [0.5, 0.6) is 0 Å². The number of carbonyl (C=O) groups excluding carboxylic acids is 1. The van der Waals surface area contributed by atoms with Gasteiger partial charge in [-0.1, -0.05) is 6.92 Å². The van der Waals surface area contributed by atoms with Crippen LogP contribution in [0.4, 0.5) is 0 Å². The van der Waals surface area contributed by atoms with Gasteiger partial charge in [-0.15, -0.1) is 11.3 Å². The molecule has 1 atom stereocenters. The molecule has 1 rings (SSSR count). The van der Waals surface area contributed by atoms with Gasteiger partial charge < -0.3 is 4.74 Å². The molecule has 17 heavy (non-hydrogen) atoms. The fourth-order valence-corrected chi connectivity index (χ4v) is 2.29. The SMILES string of the molecule is COC(=O)c1ccc(C(C)CC=C[N+](=O)[O-])s1. The topological polar surface area (TPSA) is 69.4 Å². The maximum Gasteiger partial charge on any atom is 0.348 e. The summed E-state index contributed by atoms with van der Waals surface area (Å²) in [5.74, 6) is -0.205. The summed E-state index contributed by atoms with van der Waals surface area (Å²) in [6.45, 7) is 1.96. The van der Waals surface area contributed by atoms with Gasteiger partial charge in [-0.2, -0.15) is 0 Å². The maximum absolute atomic E-state index is 11.2. The number of rotatable bonds is 5. The highest BCUT2D eigenvalue weighted by molar-refractivity contribution is 7.14. The molecule has 1 heterocycles. The number of allylic oxidation sites excluding steroid dienone is 1. The number of esters is 1. The van der Waals surface area contributed by atoms with Crippen molar-refractivity contribution < 1.29 is 14.5 Å². The highest BCUT2D eigenvalue weighted by Crippen LogP contribution is 2.27. The van der Waals surface area contributed by atoms with Crippen molar-refractivity contribution in [2.75, 3.05) is 7.11 Å². The van der Waals surface area contributed by atoms with E-state index in [1.54, 1.807) is 6.07 Å². The molecule has 0 amide bonds. The van der Waals surface area contributed by atoms with Crippen molar-refractivity contribution in [2.45, 2.75) is 19.3 Å². The lowest BCUT2D eigenvalue weighted by atomic mass is 10.1. The van der Waals surface area contributed by atoms with E-state index in [1.807, 2.05) is 13.0 Å². The Hall–Kier alpha value is -1.69. The number of thiophene rings is 1. The van der Waals surface area contributed by atoms with Gasteiger partial charge in [0.1, 0.15) is 4.88 Å². The molecular weight excluding hydrogens is 242 g/mol. The van der Waals surface area contributed by atoms with Crippen molar-refractivity contribution in [2.24, 2.45) is 0 Å². The lowest BCUT2D eigenvalue weighted by Gasteiger charge is -2.03. The molecule has 0 bridgehead atoms. The van der Waals surface area contributed by atoms with Gasteiger partial charge in [0.05, 0.1) is 12.0 Å². The van der Waals surface area contributed by atoms with Gasteiger partial charge in [-0.05, 0) is 30.5 Å². The molecule has 0 fully saturated rings. The molecule has 5 nitrogen and oxygen atoms in total. The van der Waals surface area contributed by atoms with Gasteiger partial charge in [0.15, 0.2) is 0 Å².